The zero-order valence-corrected chi connectivity index (χ0v) is 18.5. The van der Waals surface area contributed by atoms with Crippen LogP contribution in [-0.4, -0.2) is 35.3 Å². The molecule has 1 saturated heterocycles. The molecular weight excluding hydrogens is 413 g/mol. The van der Waals surface area contributed by atoms with E-state index in [-0.39, 0.29) is 28.9 Å². The number of rotatable bonds is 8. The number of hydrogen-bond donors (Lipinski definition) is 1. The molecule has 0 aliphatic carbocycles. The summed E-state index contributed by atoms with van der Waals surface area (Å²) >= 11 is 0. The first-order valence-electron chi connectivity index (χ1n) is 10.6. The smallest absolute Gasteiger partial charge is 0.257 e. The number of halogens is 1. The predicted molar refractivity (Wildman–Crippen MR) is 116 cm³/mol. The van der Waals surface area contributed by atoms with Crippen LogP contribution in [-0.2, 0) is 16.6 Å². The number of amides is 1. The second-order valence-corrected chi connectivity index (χ2v) is 8.13. The second kappa shape index (κ2) is 9.88. The molecule has 32 heavy (non-hydrogen) atoms. The fourth-order valence-electron chi connectivity index (χ4n) is 4.12. The third-order valence-electron chi connectivity index (χ3n) is 6.01. The summed E-state index contributed by atoms with van der Waals surface area (Å²) in [4.78, 5) is 38.3. The lowest BCUT2D eigenvalue weighted by Gasteiger charge is -2.07. The maximum absolute atomic E-state index is 13.5. The van der Waals surface area contributed by atoms with Gasteiger partial charge in [0.2, 0.25) is 11.6 Å². The number of nitriles is 1. The van der Waals surface area contributed by atoms with Gasteiger partial charge in [-0.05, 0) is 62.8 Å². The lowest BCUT2D eigenvalue weighted by atomic mass is 9.98. The Kier molecular flexibility index (Phi) is 7.21. The summed E-state index contributed by atoms with van der Waals surface area (Å²) in [5.74, 6) is -1.82. The van der Waals surface area contributed by atoms with Crippen LogP contribution in [0.5, 0.6) is 0 Å². The van der Waals surface area contributed by atoms with Crippen molar-refractivity contribution in [3.05, 3.63) is 52.1 Å². The van der Waals surface area contributed by atoms with Crippen molar-refractivity contribution in [3.8, 4) is 6.07 Å². The van der Waals surface area contributed by atoms with Gasteiger partial charge in [-0.2, -0.15) is 5.26 Å². The van der Waals surface area contributed by atoms with Gasteiger partial charge in [0, 0.05) is 38.1 Å². The summed E-state index contributed by atoms with van der Waals surface area (Å²) in [5.41, 5.74) is 1.48. The SMILES string of the molecule is Cc1c(C(=O)Nc2ccc(F)c(C#N)c2)c(C)n(C)c1C(=O)C(=O)CCCC1CCOC1. The van der Waals surface area contributed by atoms with Crippen LogP contribution < -0.4 is 5.32 Å². The van der Waals surface area contributed by atoms with E-state index in [0.717, 1.165) is 25.5 Å². The normalized spacial score (nSPS) is 15.4. The number of aromatic nitrogens is 1. The third-order valence-corrected chi connectivity index (χ3v) is 6.01. The minimum absolute atomic E-state index is 0.160. The molecule has 2 heterocycles. The minimum atomic E-state index is -0.676. The Morgan fingerprint density at radius 2 is 2.06 bits per heavy atom. The Balaban J connectivity index is 1.75. The Hall–Kier alpha value is -3.31. The molecule has 1 aliphatic heterocycles. The van der Waals surface area contributed by atoms with E-state index in [4.69, 9.17) is 10.00 Å². The van der Waals surface area contributed by atoms with Crippen molar-refractivity contribution in [2.45, 2.75) is 39.5 Å². The predicted octanol–water partition coefficient (Wildman–Crippen LogP) is 3.86. The summed E-state index contributed by atoms with van der Waals surface area (Å²) in [6, 6.07) is 5.42. The molecule has 1 unspecified atom stereocenters. The van der Waals surface area contributed by atoms with Crippen LogP contribution in [0.15, 0.2) is 18.2 Å². The highest BCUT2D eigenvalue weighted by Crippen LogP contribution is 2.25. The van der Waals surface area contributed by atoms with Crippen LogP contribution in [0.4, 0.5) is 10.1 Å². The summed E-state index contributed by atoms with van der Waals surface area (Å²) in [5, 5.41) is 11.6. The Morgan fingerprint density at radius 1 is 1.31 bits per heavy atom. The van der Waals surface area contributed by atoms with E-state index in [1.807, 2.05) is 0 Å². The molecule has 0 bridgehead atoms. The quantitative estimate of drug-likeness (QED) is 0.497. The molecule has 1 atom stereocenters. The lowest BCUT2D eigenvalue weighted by Crippen LogP contribution is -2.19. The molecule has 168 valence electrons. The molecule has 3 rings (SSSR count). The number of ether oxygens (including phenoxy) is 1. The number of carbonyl (C=O) groups excluding carboxylic acids is 3. The zero-order valence-electron chi connectivity index (χ0n) is 18.5. The molecule has 0 spiro atoms. The Bertz CT molecular complexity index is 1110. The largest absolute Gasteiger partial charge is 0.381 e. The van der Waals surface area contributed by atoms with Gasteiger partial charge in [0.25, 0.3) is 5.91 Å². The average molecular weight is 439 g/mol. The van der Waals surface area contributed by atoms with Gasteiger partial charge >= 0.3 is 0 Å². The van der Waals surface area contributed by atoms with Gasteiger partial charge in [-0.25, -0.2) is 4.39 Å². The van der Waals surface area contributed by atoms with Crippen LogP contribution in [0.3, 0.4) is 0 Å². The summed E-state index contributed by atoms with van der Waals surface area (Å²) in [6.45, 7) is 4.78. The van der Waals surface area contributed by atoms with E-state index in [0.29, 0.717) is 30.2 Å². The number of anilines is 1. The number of hydrogen-bond acceptors (Lipinski definition) is 5. The molecule has 8 heteroatoms. The summed E-state index contributed by atoms with van der Waals surface area (Å²) in [7, 11) is 1.64. The monoisotopic (exact) mass is 439 g/mol. The van der Waals surface area contributed by atoms with Gasteiger partial charge in [-0.15, -0.1) is 0 Å². The van der Waals surface area contributed by atoms with Crippen LogP contribution in [0.25, 0.3) is 0 Å². The molecule has 1 aromatic carbocycles. The van der Waals surface area contributed by atoms with Gasteiger partial charge < -0.3 is 14.6 Å². The fraction of sp³-hybridized carbons (Fsp3) is 0.417. The van der Waals surface area contributed by atoms with Crippen LogP contribution in [0.1, 0.15) is 63.4 Å². The fourth-order valence-corrected chi connectivity index (χ4v) is 4.12. The molecule has 7 nitrogen and oxygen atoms in total. The molecule has 1 aromatic heterocycles. The molecule has 1 aliphatic rings. The van der Waals surface area contributed by atoms with E-state index >= 15 is 0 Å². The minimum Gasteiger partial charge on any atom is -0.381 e. The second-order valence-electron chi connectivity index (χ2n) is 8.13. The molecule has 1 amide bonds. The van der Waals surface area contributed by atoms with E-state index < -0.39 is 23.3 Å². The van der Waals surface area contributed by atoms with Gasteiger partial charge in [0.1, 0.15) is 11.9 Å². The standard InChI is InChI=1S/C24H26FN3O4/c1-14-21(24(31)27-18-7-8-19(25)17(11-18)12-26)15(2)28(3)22(14)23(30)20(29)6-4-5-16-9-10-32-13-16/h7-8,11,16H,4-6,9-10,13H2,1-3H3,(H,27,31). The van der Waals surface area contributed by atoms with E-state index in [1.54, 1.807) is 31.5 Å². The Labute approximate surface area is 186 Å². The van der Waals surface area contributed by atoms with E-state index in [1.165, 1.54) is 12.1 Å². The highest BCUT2D eigenvalue weighted by molar-refractivity contribution is 6.43. The maximum atomic E-state index is 13.5. The van der Waals surface area contributed by atoms with Gasteiger partial charge in [0.15, 0.2) is 0 Å². The van der Waals surface area contributed by atoms with Gasteiger partial charge in [0.05, 0.1) is 16.8 Å². The van der Waals surface area contributed by atoms with E-state index in [9.17, 15) is 18.8 Å². The molecule has 2 aromatic rings. The van der Waals surface area contributed by atoms with Crippen molar-refractivity contribution >= 4 is 23.2 Å². The first kappa shape index (κ1) is 23.4. The van der Waals surface area contributed by atoms with Gasteiger partial charge in [-0.1, -0.05) is 0 Å². The molecular formula is C24H26FN3O4. The number of nitrogens with zero attached hydrogens (tertiary/aromatic N) is 2. The topological polar surface area (TPSA) is 101 Å². The molecule has 1 fully saturated rings. The zero-order chi connectivity index (χ0) is 23.4. The van der Waals surface area contributed by atoms with Crippen LogP contribution >= 0.6 is 0 Å². The summed E-state index contributed by atoms with van der Waals surface area (Å²) in [6.07, 6.45) is 2.62. The van der Waals surface area contributed by atoms with Crippen molar-refractivity contribution in [1.29, 1.82) is 5.26 Å². The van der Waals surface area contributed by atoms with Crippen molar-refractivity contribution in [2.75, 3.05) is 18.5 Å². The van der Waals surface area contributed by atoms with Crippen molar-refractivity contribution in [1.82, 2.24) is 4.57 Å². The third kappa shape index (κ3) is 4.78. The number of benzene rings is 1. The van der Waals surface area contributed by atoms with Crippen LogP contribution in [0.2, 0.25) is 0 Å². The maximum Gasteiger partial charge on any atom is 0.257 e. The van der Waals surface area contributed by atoms with Gasteiger partial charge in [-0.3, -0.25) is 14.4 Å². The van der Waals surface area contributed by atoms with Crippen molar-refractivity contribution in [2.24, 2.45) is 13.0 Å². The summed E-state index contributed by atoms with van der Waals surface area (Å²) < 4.78 is 20.4. The molecule has 0 radical (unpaired) electrons. The lowest BCUT2D eigenvalue weighted by molar-refractivity contribution is -0.115. The molecule has 0 saturated carbocycles. The van der Waals surface area contributed by atoms with Crippen molar-refractivity contribution < 1.29 is 23.5 Å². The first-order valence-corrected chi connectivity index (χ1v) is 10.6. The first-order chi connectivity index (χ1) is 15.2. The Morgan fingerprint density at radius 3 is 2.72 bits per heavy atom. The highest BCUT2D eigenvalue weighted by atomic mass is 19.1. The van der Waals surface area contributed by atoms with Crippen molar-refractivity contribution in [3.63, 3.8) is 0 Å². The number of ketones is 2. The number of Topliss-reactive ketones (excluding diaryl/α,β-unsaturated/α-hetero) is 2. The number of carbonyl (C=O) groups is 3. The average Bonchev–Trinajstić information content (AvgIpc) is 3.35. The van der Waals surface area contributed by atoms with E-state index in [2.05, 4.69) is 5.32 Å². The highest BCUT2D eigenvalue weighted by Gasteiger charge is 2.28. The molecule has 1 N–H and O–H groups in total. The number of nitrogens with one attached hydrogen (secondary N) is 1. The van der Waals surface area contributed by atoms with Crippen LogP contribution in [0, 0.1) is 36.9 Å².